The molecule has 5 N–H and O–H groups in total. The number of hydrogen-bond donors (Lipinski definition) is 3. The topological polar surface area (TPSA) is 153 Å². The summed E-state index contributed by atoms with van der Waals surface area (Å²) in [6.07, 6.45) is 2.00. The Morgan fingerprint density at radius 1 is 1.07 bits per heavy atom. The van der Waals surface area contributed by atoms with Gasteiger partial charge in [-0.25, -0.2) is 4.79 Å². The SMILES string of the molecule is CN1[C@H]2CC[C@@H]1[C@@H](C(=O)O)[C@@H](OC(=O)c1ccccc1)C2.NC(=O)CCC(N)=O. The van der Waals surface area contributed by atoms with Gasteiger partial charge in [0.15, 0.2) is 0 Å². The molecule has 9 heteroatoms. The van der Waals surface area contributed by atoms with Gasteiger partial charge in [0.2, 0.25) is 11.8 Å². The highest BCUT2D eigenvalue weighted by atomic mass is 16.5. The van der Waals surface area contributed by atoms with Gasteiger partial charge in [-0.1, -0.05) is 18.2 Å². The number of esters is 1. The number of rotatable bonds is 6. The Hall–Kier alpha value is -2.94. The molecule has 2 saturated heterocycles. The van der Waals surface area contributed by atoms with Gasteiger partial charge in [0.25, 0.3) is 0 Å². The highest BCUT2D eigenvalue weighted by molar-refractivity contribution is 5.89. The molecule has 0 aliphatic carbocycles. The number of primary amides is 2. The van der Waals surface area contributed by atoms with E-state index < -0.39 is 35.8 Å². The highest BCUT2D eigenvalue weighted by Crippen LogP contribution is 2.39. The Morgan fingerprint density at radius 2 is 1.66 bits per heavy atom. The van der Waals surface area contributed by atoms with E-state index in [2.05, 4.69) is 4.90 Å². The van der Waals surface area contributed by atoms with Gasteiger partial charge in [-0.05, 0) is 32.0 Å². The number of carboxylic acid groups (broad SMARTS) is 1. The lowest BCUT2D eigenvalue weighted by Gasteiger charge is -2.40. The van der Waals surface area contributed by atoms with Gasteiger partial charge in [-0.3, -0.25) is 19.3 Å². The number of benzene rings is 1. The molecule has 4 atom stereocenters. The third kappa shape index (κ3) is 6.02. The van der Waals surface area contributed by atoms with Crippen molar-refractivity contribution in [3.8, 4) is 0 Å². The van der Waals surface area contributed by atoms with E-state index in [9.17, 15) is 24.3 Å². The highest BCUT2D eigenvalue weighted by Gasteiger charge is 2.50. The van der Waals surface area contributed by atoms with Crippen LogP contribution in [-0.4, -0.2) is 59.0 Å². The van der Waals surface area contributed by atoms with Crippen molar-refractivity contribution in [3.05, 3.63) is 35.9 Å². The first-order valence-corrected chi connectivity index (χ1v) is 9.48. The zero-order valence-electron chi connectivity index (χ0n) is 16.3. The van der Waals surface area contributed by atoms with Crippen LogP contribution in [0.4, 0.5) is 0 Å². The standard InChI is InChI=1S/C16H19NO4.C4H8N2O2/c1-17-11-7-8-12(17)14(15(18)19)13(9-11)21-16(20)10-5-3-2-4-6-10;5-3(7)1-2-4(6)8/h2-6,11-14H,7-9H2,1H3,(H,18,19);1-2H2,(H2,5,7)(H2,6,8)/t11-,12+,13-,14+;/m0./s1. The number of carboxylic acids is 1. The van der Waals surface area contributed by atoms with Crippen molar-refractivity contribution >= 4 is 23.8 Å². The Kier molecular flexibility index (Phi) is 7.72. The first kappa shape index (κ1) is 22.4. The first-order chi connectivity index (χ1) is 13.7. The van der Waals surface area contributed by atoms with Gasteiger partial charge >= 0.3 is 11.9 Å². The predicted octanol–water partition coefficient (Wildman–Crippen LogP) is 0.517. The fraction of sp³-hybridized carbons (Fsp3) is 0.500. The summed E-state index contributed by atoms with van der Waals surface area (Å²) in [5.74, 6) is -2.94. The second kappa shape index (κ2) is 10.0. The molecule has 0 radical (unpaired) electrons. The maximum absolute atomic E-state index is 12.2. The number of aliphatic carboxylic acids is 1. The molecule has 2 amide bonds. The third-order valence-corrected chi connectivity index (χ3v) is 5.39. The van der Waals surface area contributed by atoms with Crippen molar-refractivity contribution < 1.29 is 29.0 Å². The van der Waals surface area contributed by atoms with E-state index in [1.165, 1.54) is 0 Å². The van der Waals surface area contributed by atoms with Crippen molar-refractivity contribution in [2.45, 2.75) is 50.3 Å². The summed E-state index contributed by atoms with van der Waals surface area (Å²) in [6.45, 7) is 0. The summed E-state index contributed by atoms with van der Waals surface area (Å²) in [5.41, 5.74) is 9.85. The predicted molar refractivity (Wildman–Crippen MR) is 104 cm³/mol. The maximum atomic E-state index is 12.2. The normalized spacial score (nSPS) is 25.4. The third-order valence-electron chi connectivity index (χ3n) is 5.39. The number of piperidine rings is 1. The van der Waals surface area contributed by atoms with Gasteiger partial charge in [-0.15, -0.1) is 0 Å². The molecular weight excluding hydrogens is 378 g/mol. The first-order valence-electron chi connectivity index (χ1n) is 9.48. The van der Waals surface area contributed by atoms with E-state index in [-0.39, 0.29) is 18.9 Å². The summed E-state index contributed by atoms with van der Waals surface area (Å²) in [5, 5.41) is 9.51. The summed E-state index contributed by atoms with van der Waals surface area (Å²) >= 11 is 0. The molecule has 3 rings (SSSR count). The Morgan fingerprint density at radius 3 is 2.17 bits per heavy atom. The minimum absolute atomic E-state index is 0.0326. The van der Waals surface area contributed by atoms with Crippen molar-refractivity contribution in [1.29, 1.82) is 0 Å². The average molecular weight is 405 g/mol. The molecule has 0 saturated carbocycles. The molecule has 2 aliphatic heterocycles. The Labute approximate surface area is 169 Å². The monoisotopic (exact) mass is 405 g/mol. The number of fused-ring (bicyclic) bond motifs is 2. The lowest BCUT2D eigenvalue weighted by atomic mass is 9.87. The minimum Gasteiger partial charge on any atom is -0.481 e. The van der Waals surface area contributed by atoms with Crippen molar-refractivity contribution in [2.75, 3.05) is 7.05 Å². The summed E-state index contributed by atoms with van der Waals surface area (Å²) < 4.78 is 5.53. The molecule has 158 valence electrons. The van der Waals surface area contributed by atoms with Crippen LogP contribution in [0.1, 0.15) is 42.5 Å². The van der Waals surface area contributed by atoms with Gasteiger partial charge < -0.3 is 21.3 Å². The molecule has 2 fully saturated rings. The summed E-state index contributed by atoms with van der Waals surface area (Å²) in [7, 11) is 1.97. The smallest absolute Gasteiger partial charge is 0.338 e. The van der Waals surface area contributed by atoms with Crippen molar-refractivity contribution in [3.63, 3.8) is 0 Å². The van der Waals surface area contributed by atoms with Crippen LogP contribution >= 0.6 is 0 Å². The molecule has 0 unspecified atom stereocenters. The lowest BCUT2D eigenvalue weighted by molar-refractivity contribution is -0.152. The molecule has 1 aromatic rings. The number of carbonyl (C=O) groups is 4. The van der Waals surface area contributed by atoms with Gasteiger partial charge in [0.05, 0.1) is 5.56 Å². The quantitative estimate of drug-likeness (QED) is 0.583. The Balaban J connectivity index is 0.000000321. The van der Waals surface area contributed by atoms with Crippen LogP contribution in [0, 0.1) is 5.92 Å². The number of nitrogens with zero attached hydrogens (tertiary/aromatic N) is 1. The largest absolute Gasteiger partial charge is 0.481 e. The second-order valence-electron chi connectivity index (χ2n) is 7.31. The zero-order valence-corrected chi connectivity index (χ0v) is 16.3. The molecule has 0 spiro atoms. The van der Waals surface area contributed by atoms with Crippen LogP contribution in [0.25, 0.3) is 0 Å². The van der Waals surface area contributed by atoms with Crippen LogP contribution in [-0.2, 0) is 19.1 Å². The fourth-order valence-electron chi connectivity index (χ4n) is 3.89. The second-order valence-corrected chi connectivity index (χ2v) is 7.31. The zero-order chi connectivity index (χ0) is 21.6. The molecule has 0 aromatic heterocycles. The summed E-state index contributed by atoms with van der Waals surface area (Å²) in [6, 6.07) is 9.01. The molecular formula is C20H27N3O6. The van der Waals surface area contributed by atoms with E-state index in [0.29, 0.717) is 18.0 Å². The van der Waals surface area contributed by atoms with Gasteiger partial charge in [0, 0.05) is 31.3 Å². The van der Waals surface area contributed by atoms with Crippen LogP contribution in [0.5, 0.6) is 0 Å². The van der Waals surface area contributed by atoms with Crippen molar-refractivity contribution in [2.24, 2.45) is 17.4 Å². The van der Waals surface area contributed by atoms with Crippen LogP contribution in [0.15, 0.2) is 30.3 Å². The van der Waals surface area contributed by atoms with Crippen LogP contribution in [0.2, 0.25) is 0 Å². The molecule has 1 aromatic carbocycles. The number of ether oxygens (including phenoxy) is 1. The molecule has 2 aliphatic rings. The van der Waals surface area contributed by atoms with E-state index in [0.717, 1.165) is 12.8 Å². The number of carbonyl (C=O) groups excluding carboxylic acids is 3. The minimum atomic E-state index is -0.877. The summed E-state index contributed by atoms with van der Waals surface area (Å²) in [4.78, 5) is 45.7. The maximum Gasteiger partial charge on any atom is 0.338 e. The molecule has 2 bridgehead atoms. The number of amides is 2. The molecule has 9 nitrogen and oxygen atoms in total. The number of nitrogens with two attached hydrogens (primary N) is 2. The Bertz CT molecular complexity index is 740. The van der Waals surface area contributed by atoms with E-state index >= 15 is 0 Å². The van der Waals surface area contributed by atoms with Gasteiger partial charge in [0.1, 0.15) is 12.0 Å². The van der Waals surface area contributed by atoms with Crippen LogP contribution < -0.4 is 11.5 Å². The molecule has 2 heterocycles. The van der Waals surface area contributed by atoms with E-state index in [4.69, 9.17) is 16.2 Å². The van der Waals surface area contributed by atoms with Crippen LogP contribution in [0.3, 0.4) is 0 Å². The lowest BCUT2D eigenvalue weighted by Crippen LogP contribution is -2.53. The van der Waals surface area contributed by atoms with Gasteiger partial charge in [-0.2, -0.15) is 0 Å². The fourth-order valence-corrected chi connectivity index (χ4v) is 3.89. The molecule has 29 heavy (non-hydrogen) atoms. The van der Waals surface area contributed by atoms with E-state index in [1.807, 2.05) is 13.1 Å². The average Bonchev–Trinajstić information content (AvgIpc) is 2.90. The van der Waals surface area contributed by atoms with Crippen molar-refractivity contribution in [1.82, 2.24) is 4.90 Å². The number of hydrogen-bond acceptors (Lipinski definition) is 6. The van der Waals surface area contributed by atoms with E-state index in [1.54, 1.807) is 24.3 Å².